The molecule has 108 valence electrons. The van der Waals surface area contributed by atoms with Gasteiger partial charge in [-0.15, -0.1) is 0 Å². The molecule has 0 radical (unpaired) electrons. The van der Waals surface area contributed by atoms with Crippen LogP contribution < -0.4 is 9.47 Å². The van der Waals surface area contributed by atoms with Crippen molar-refractivity contribution in [2.45, 2.75) is 0 Å². The van der Waals surface area contributed by atoms with Crippen LogP contribution in [0.3, 0.4) is 0 Å². The molecule has 0 amide bonds. The van der Waals surface area contributed by atoms with E-state index >= 15 is 0 Å². The van der Waals surface area contributed by atoms with E-state index in [0.717, 1.165) is 31.5 Å². The molecule has 0 aliphatic carbocycles. The Labute approximate surface area is 138 Å². The Balaban J connectivity index is 2.12. The van der Waals surface area contributed by atoms with Gasteiger partial charge in [0.05, 0.1) is 23.2 Å². The lowest BCUT2D eigenvalue weighted by Crippen LogP contribution is -1.85. The van der Waals surface area contributed by atoms with Gasteiger partial charge in [-0.2, -0.15) is 0 Å². The van der Waals surface area contributed by atoms with Crippen LogP contribution in [0.15, 0.2) is 43.7 Å². The van der Waals surface area contributed by atoms with E-state index in [0.29, 0.717) is 11.5 Å². The van der Waals surface area contributed by atoms with Gasteiger partial charge in [0.25, 0.3) is 0 Å². The van der Waals surface area contributed by atoms with Gasteiger partial charge in [0.2, 0.25) is 5.89 Å². The zero-order valence-electron chi connectivity index (χ0n) is 11.3. The summed E-state index contributed by atoms with van der Waals surface area (Å²) in [5.41, 5.74) is 2.30. The third-order valence-corrected chi connectivity index (χ3v) is 4.26. The number of nitrogens with zero attached hydrogens (tertiary/aromatic N) is 1. The van der Waals surface area contributed by atoms with Crippen LogP contribution >= 0.6 is 31.9 Å². The molecule has 0 N–H and O–H groups in total. The summed E-state index contributed by atoms with van der Waals surface area (Å²) in [6.45, 7) is 0. The van der Waals surface area contributed by atoms with E-state index in [9.17, 15) is 0 Å². The second kappa shape index (κ2) is 5.69. The predicted molar refractivity (Wildman–Crippen MR) is 87.9 cm³/mol. The van der Waals surface area contributed by atoms with Crippen LogP contribution in [0.2, 0.25) is 0 Å². The number of hydrogen-bond acceptors (Lipinski definition) is 4. The molecule has 6 heteroatoms. The van der Waals surface area contributed by atoms with E-state index in [-0.39, 0.29) is 0 Å². The second-order valence-electron chi connectivity index (χ2n) is 4.33. The third kappa shape index (κ3) is 2.65. The van der Waals surface area contributed by atoms with E-state index in [1.807, 2.05) is 30.3 Å². The Morgan fingerprint density at radius 1 is 1.00 bits per heavy atom. The Kier molecular flexibility index (Phi) is 3.91. The highest BCUT2D eigenvalue weighted by Gasteiger charge is 2.13. The molecule has 3 rings (SSSR count). The number of methoxy groups -OCH3 is 2. The summed E-state index contributed by atoms with van der Waals surface area (Å²) in [4.78, 5) is 4.51. The summed E-state index contributed by atoms with van der Waals surface area (Å²) in [6.07, 6.45) is 0. The van der Waals surface area contributed by atoms with Crippen LogP contribution in [0.1, 0.15) is 0 Å². The highest BCUT2D eigenvalue weighted by atomic mass is 79.9. The number of halogens is 2. The first kappa shape index (κ1) is 14.4. The summed E-state index contributed by atoms with van der Waals surface area (Å²) in [5, 5.41) is 0. The van der Waals surface area contributed by atoms with Gasteiger partial charge in [-0.25, -0.2) is 4.98 Å². The predicted octanol–water partition coefficient (Wildman–Crippen LogP) is 5.04. The van der Waals surface area contributed by atoms with Gasteiger partial charge in [-0.05, 0) is 56.1 Å². The van der Waals surface area contributed by atoms with Gasteiger partial charge >= 0.3 is 0 Å². The van der Waals surface area contributed by atoms with Crippen LogP contribution in [-0.2, 0) is 0 Å². The number of hydrogen-bond donors (Lipinski definition) is 0. The SMILES string of the molecule is COc1cc(Br)c2oc(-c3ccc(OC)c(Br)c3)nc2c1. The summed E-state index contributed by atoms with van der Waals surface area (Å²) >= 11 is 6.93. The smallest absolute Gasteiger partial charge is 0.227 e. The summed E-state index contributed by atoms with van der Waals surface area (Å²) in [7, 11) is 3.25. The van der Waals surface area contributed by atoms with Crippen molar-refractivity contribution in [3.8, 4) is 23.0 Å². The maximum Gasteiger partial charge on any atom is 0.227 e. The molecule has 0 bridgehead atoms. The van der Waals surface area contributed by atoms with Gasteiger partial charge in [0.15, 0.2) is 5.58 Å². The van der Waals surface area contributed by atoms with E-state index in [1.165, 1.54) is 0 Å². The fourth-order valence-electron chi connectivity index (χ4n) is 2.01. The first-order valence-electron chi connectivity index (χ1n) is 6.10. The van der Waals surface area contributed by atoms with Crippen molar-refractivity contribution in [3.05, 3.63) is 39.3 Å². The topological polar surface area (TPSA) is 44.5 Å². The molecule has 3 aromatic rings. The van der Waals surface area contributed by atoms with E-state index in [1.54, 1.807) is 14.2 Å². The highest BCUT2D eigenvalue weighted by Crippen LogP contribution is 2.35. The molecule has 0 aliphatic rings. The van der Waals surface area contributed by atoms with E-state index < -0.39 is 0 Å². The second-order valence-corrected chi connectivity index (χ2v) is 6.03. The largest absolute Gasteiger partial charge is 0.497 e. The lowest BCUT2D eigenvalue weighted by atomic mass is 10.2. The number of oxazole rings is 1. The van der Waals surface area contributed by atoms with Gasteiger partial charge in [-0.3, -0.25) is 0 Å². The van der Waals surface area contributed by atoms with Gasteiger partial charge in [0, 0.05) is 11.6 Å². The first-order valence-corrected chi connectivity index (χ1v) is 7.69. The lowest BCUT2D eigenvalue weighted by molar-refractivity contribution is 0.412. The Morgan fingerprint density at radius 3 is 2.48 bits per heavy atom. The van der Waals surface area contributed by atoms with Crippen molar-refractivity contribution in [2.24, 2.45) is 0 Å². The van der Waals surface area contributed by atoms with Gasteiger partial charge in [0.1, 0.15) is 17.0 Å². The molecule has 4 nitrogen and oxygen atoms in total. The normalized spacial score (nSPS) is 10.9. The molecular formula is C15H11Br2NO3. The summed E-state index contributed by atoms with van der Waals surface area (Å²) < 4.78 is 17.9. The Hall–Kier alpha value is -1.53. The molecule has 0 saturated carbocycles. The molecule has 0 aliphatic heterocycles. The van der Waals surface area contributed by atoms with Gasteiger partial charge < -0.3 is 13.9 Å². The van der Waals surface area contributed by atoms with Crippen LogP contribution in [0, 0.1) is 0 Å². The monoisotopic (exact) mass is 411 g/mol. The van der Waals surface area contributed by atoms with Crippen LogP contribution in [0.4, 0.5) is 0 Å². The molecule has 0 saturated heterocycles. The van der Waals surface area contributed by atoms with E-state index in [4.69, 9.17) is 13.9 Å². The molecule has 2 aromatic carbocycles. The number of rotatable bonds is 3. The number of ether oxygens (including phenoxy) is 2. The molecular weight excluding hydrogens is 402 g/mol. The third-order valence-electron chi connectivity index (χ3n) is 3.05. The molecule has 0 unspecified atom stereocenters. The van der Waals surface area contributed by atoms with Crippen LogP contribution in [0.25, 0.3) is 22.6 Å². The average molecular weight is 413 g/mol. The van der Waals surface area contributed by atoms with Crippen LogP contribution in [0.5, 0.6) is 11.5 Å². The maximum atomic E-state index is 5.84. The van der Waals surface area contributed by atoms with Crippen molar-refractivity contribution in [3.63, 3.8) is 0 Å². The quantitative estimate of drug-likeness (QED) is 0.604. The Morgan fingerprint density at radius 2 is 1.81 bits per heavy atom. The Bertz CT molecular complexity index is 814. The number of fused-ring (bicyclic) bond motifs is 1. The van der Waals surface area contributed by atoms with Crippen molar-refractivity contribution in [1.82, 2.24) is 4.98 Å². The average Bonchev–Trinajstić information content (AvgIpc) is 2.91. The number of aromatic nitrogens is 1. The first-order chi connectivity index (χ1) is 10.1. The van der Waals surface area contributed by atoms with Gasteiger partial charge in [-0.1, -0.05) is 0 Å². The zero-order valence-corrected chi connectivity index (χ0v) is 14.5. The lowest BCUT2D eigenvalue weighted by Gasteiger charge is -2.03. The molecule has 21 heavy (non-hydrogen) atoms. The minimum absolute atomic E-state index is 0.544. The van der Waals surface area contributed by atoms with Crippen molar-refractivity contribution < 1.29 is 13.9 Å². The molecule has 0 fully saturated rings. The zero-order chi connectivity index (χ0) is 15.0. The molecule has 1 heterocycles. The fraction of sp³-hybridized carbons (Fsp3) is 0.133. The van der Waals surface area contributed by atoms with Crippen molar-refractivity contribution in [2.75, 3.05) is 14.2 Å². The highest BCUT2D eigenvalue weighted by molar-refractivity contribution is 9.11. The van der Waals surface area contributed by atoms with Crippen molar-refractivity contribution in [1.29, 1.82) is 0 Å². The van der Waals surface area contributed by atoms with Crippen LogP contribution in [-0.4, -0.2) is 19.2 Å². The molecule has 0 spiro atoms. The van der Waals surface area contributed by atoms with Crippen molar-refractivity contribution >= 4 is 43.0 Å². The standard InChI is InChI=1S/C15H11Br2NO3/c1-19-9-6-11(17)14-12(7-9)18-15(21-14)8-3-4-13(20-2)10(16)5-8/h3-7H,1-2H3. The summed E-state index contributed by atoms with van der Waals surface area (Å²) in [6, 6.07) is 9.37. The minimum Gasteiger partial charge on any atom is -0.497 e. The maximum absolute atomic E-state index is 5.84. The molecule has 1 aromatic heterocycles. The fourth-order valence-corrected chi connectivity index (χ4v) is 3.06. The van der Waals surface area contributed by atoms with E-state index in [2.05, 4.69) is 36.8 Å². The number of benzene rings is 2. The molecule has 0 atom stereocenters. The summed E-state index contributed by atoms with van der Waals surface area (Å²) in [5.74, 6) is 2.03. The minimum atomic E-state index is 0.544.